The van der Waals surface area contributed by atoms with Crippen LogP contribution < -0.4 is 11.1 Å². The van der Waals surface area contributed by atoms with Gasteiger partial charge in [-0.3, -0.25) is 4.79 Å². The third kappa shape index (κ3) is 2.54. The van der Waals surface area contributed by atoms with Crippen LogP contribution in [0.3, 0.4) is 0 Å². The fourth-order valence-electron chi connectivity index (χ4n) is 1.48. The summed E-state index contributed by atoms with van der Waals surface area (Å²) in [4.78, 5) is 15.6. The Labute approximate surface area is 103 Å². The van der Waals surface area contributed by atoms with E-state index < -0.39 is 0 Å². The predicted molar refractivity (Wildman–Crippen MR) is 63.3 cm³/mol. The van der Waals surface area contributed by atoms with E-state index in [0.717, 1.165) is 0 Å². The van der Waals surface area contributed by atoms with Gasteiger partial charge < -0.3 is 15.5 Å². The molecule has 6 heteroatoms. The number of rotatable bonds is 4. The summed E-state index contributed by atoms with van der Waals surface area (Å²) < 4.78 is 18.0. The van der Waals surface area contributed by atoms with Gasteiger partial charge in [0.15, 0.2) is 17.8 Å². The molecule has 0 spiro atoms. The number of nitrogens with zero attached hydrogens (tertiary/aromatic N) is 1. The van der Waals surface area contributed by atoms with Crippen molar-refractivity contribution in [3.05, 3.63) is 42.2 Å². The number of oxazole rings is 1. The highest BCUT2D eigenvalue weighted by Gasteiger charge is 2.17. The SMILES string of the molecule is NCCNC(=O)c1ncoc1-c1ccc(F)cc1. The first-order chi connectivity index (χ1) is 8.72. The molecule has 0 aliphatic rings. The molecular weight excluding hydrogens is 237 g/mol. The minimum absolute atomic E-state index is 0.162. The Morgan fingerprint density at radius 1 is 1.39 bits per heavy atom. The monoisotopic (exact) mass is 249 g/mol. The summed E-state index contributed by atoms with van der Waals surface area (Å²) in [5, 5.41) is 2.60. The van der Waals surface area contributed by atoms with Crippen LogP contribution in [-0.4, -0.2) is 24.0 Å². The Morgan fingerprint density at radius 2 is 2.11 bits per heavy atom. The number of carbonyl (C=O) groups excluding carboxylic acids is 1. The summed E-state index contributed by atoms with van der Waals surface area (Å²) >= 11 is 0. The van der Waals surface area contributed by atoms with Crippen molar-refractivity contribution < 1.29 is 13.6 Å². The van der Waals surface area contributed by atoms with Gasteiger partial charge in [0, 0.05) is 18.7 Å². The van der Waals surface area contributed by atoms with Gasteiger partial charge in [-0.25, -0.2) is 9.37 Å². The normalized spacial score (nSPS) is 10.3. The van der Waals surface area contributed by atoms with E-state index in [1.807, 2.05) is 0 Å². The Hall–Kier alpha value is -2.21. The number of benzene rings is 1. The number of hydrogen-bond acceptors (Lipinski definition) is 4. The zero-order valence-electron chi connectivity index (χ0n) is 9.52. The molecule has 0 bridgehead atoms. The van der Waals surface area contributed by atoms with Crippen molar-refractivity contribution in [1.29, 1.82) is 0 Å². The maximum atomic E-state index is 12.8. The summed E-state index contributed by atoms with van der Waals surface area (Å²) in [6.45, 7) is 0.698. The molecular formula is C12H12FN3O2. The molecule has 18 heavy (non-hydrogen) atoms. The van der Waals surface area contributed by atoms with E-state index in [2.05, 4.69) is 10.3 Å². The molecule has 0 radical (unpaired) electrons. The third-order valence-electron chi connectivity index (χ3n) is 2.32. The van der Waals surface area contributed by atoms with Gasteiger partial charge in [-0.05, 0) is 24.3 Å². The Morgan fingerprint density at radius 3 is 2.78 bits per heavy atom. The number of nitrogens with one attached hydrogen (secondary N) is 1. The van der Waals surface area contributed by atoms with Gasteiger partial charge in [-0.2, -0.15) is 0 Å². The molecule has 0 saturated carbocycles. The minimum atomic E-state index is -0.367. The summed E-state index contributed by atoms with van der Waals surface area (Å²) in [7, 11) is 0. The van der Waals surface area contributed by atoms with E-state index in [-0.39, 0.29) is 17.4 Å². The molecule has 1 aromatic heterocycles. The molecule has 1 aromatic carbocycles. The van der Waals surface area contributed by atoms with E-state index in [9.17, 15) is 9.18 Å². The van der Waals surface area contributed by atoms with Crippen LogP contribution in [0, 0.1) is 5.82 Å². The lowest BCUT2D eigenvalue weighted by atomic mass is 10.1. The number of halogens is 1. The molecule has 0 atom stereocenters. The Bertz CT molecular complexity index is 537. The van der Waals surface area contributed by atoms with Gasteiger partial charge in [0.2, 0.25) is 0 Å². The van der Waals surface area contributed by atoms with Gasteiger partial charge in [-0.1, -0.05) is 0 Å². The molecule has 3 N–H and O–H groups in total. The second kappa shape index (κ2) is 5.42. The Kier molecular flexibility index (Phi) is 3.69. The van der Waals surface area contributed by atoms with E-state index in [1.165, 1.54) is 30.7 Å². The number of aromatic nitrogens is 1. The molecule has 0 saturated heterocycles. The zero-order chi connectivity index (χ0) is 13.0. The molecule has 1 amide bonds. The van der Waals surface area contributed by atoms with Crippen molar-refractivity contribution in [2.75, 3.05) is 13.1 Å². The molecule has 0 aliphatic heterocycles. The van der Waals surface area contributed by atoms with Crippen molar-refractivity contribution in [3.63, 3.8) is 0 Å². The molecule has 2 aromatic rings. The smallest absolute Gasteiger partial charge is 0.273 e. The van der Waals surface area contributed by atoms with Crippen molar-refractivity contribution in [2.45, 2.75) is 0 Å². The van der Waals surface area contributed by atoms with Gasteiger partial charge in [0.05, 0.1) is 0 Å². The topological polar surface area (TPSA) is 81.1 Å². The highest BCUT2D eigenvalue weighted by molar-refractivity contribution is 5.97. The molecule has 0 fully saturated rings. The molecule has 5 nitrogen and oxygen atoms in total. The van der Waals surface area contributed by atoms with E-state index in [1.54, 1.807) is 0 Å². The molecule has 0 unspecified atom stereocenters. The highest BCUT2D eigenvalue weighted by atomic mass is 19.1. The summed E-state index contributed by atoms with van der Waals surface area (Å²) in [5.41, 5.74) is 6.05. The van der Waals surface area contributed by atoms with E-state index in [4.69, 9.17) is 10.2 Å². The van der Waals surface area contributed by atoms with Crippen LogP contribution in [0.5, 0.6) is 0 Å². The van der Waals surface area contributed by atoms with Gasteiger partial charge in [0.25, 0.3) is 5.91 Å². The minimum Gasteiger partial charge on any atom is -0.443 e. The number of carbonyl (C=O) groups is 1. The lowest BCUT2D eigenvalue weighted by Crippen LogP contribution is -2.29. The highest BCUT2D eigenvalue weighted by Crippen LogP contribution is 2.23. The number of amides is 1. The standard InChI is InChI=1S/C12H12FN3O2/c13-9-3-1-8(2-4-9)11-10(16-7-18-11)12(17)15-6-5-14/h1-4,7H,5-6,14H2,(H,15,17). The van der Waals surface area contributed by atoms with Crippen LogP contribution in [-0.2, 0) is 0 Å². The van der Waals surface area contributed by atoms with Crippen LogP contribution in [0.1, 0.15) is 10.5 Å². The first kappa shape index (κ1) is 12.3. The largest absolute Gasteiger partial charge is 0.443 e. The first-order valence-electron chi connectivity index (χ1n) is 5.40. The van der Waals surface area contributed by atoms with Gasteiger partial charge >= 0.3 is 0 Å². The lowest BCUT2D eigenvalue weighted by molar-refractivity contribution is 0.0950. The van der Waals surface area contributed by atoms with Crippen LogP contribution >= 0.6 is 0 Å². The van der Waals surface area contributed by atoms with Crippen LogP contribution in [0.2, 0.25) is 0 Å². The second-order valence-corrected chi connectivity index (χ2v) is 3.58. The summed E-state index contributed by atoms with van der Waals surface area (Å²) in [6.07, 6.45) is 1.18. The van der Waals surface area contributed by atoms with Crippen LogP contribution in [0.15, 0.2) is 35.1 Å². The average molecular weight is 249 g/mol. The Balaban J connectivity index is 2.27. The van der Waals surface area contributed by atoms with Crippen molar-refractivity contribution in [3.8, 4) is 11.3 Å². The van der Waals surface area contributed by atoms with Gasteiger partial charge in [-0.15, -0.1) is 0 Å². The maximum Gasteiger partial charge on any atom is 0.273 e. The van der Waals surface area contributed by atoms with Gasteiger partial charge in [0.1, 0.15) is 5.82 Å². The summed E-state index contributed by atoms with van der Waals surface area (Å²) in [5.74, 6) is -0.412. The van der Waals surface area contributed by atoms with Crippen molar-refractivity contribution in [2.24, 2.45) is 5.73 Å². The molecule has 94 valence electrons. The van der Waals surface area contributed by atoms with Crippen molar-refractivity contribution in [1.82, 2.24) is 10.3 Å². The van der Waals surface area contributed by atoms with Crippen LogP contribution in [0.25, 0.3) is 11.3 Å². The third-order valence-corrected chi connectivity index (χ3v) is 2.32. The molecule has 1 heterocycles. The predicted octanol–water partition coefficient (Wildman–Crippen LogP) is 1.17. The zero-order valence-corrected chi connectivity index (χ0v) is 9.52. The van der Waals surface area contributed by atoms with Crippen LogP contribution in [0.4, 0.5) is 4.39 Å². The van der Waals surface area contributed by atoms with E-state index >= 15 is 0 Å². The molecule has 0 aliphatic carbocycles. The first-order valence-corrected chi connectivity index (χ1v) is 5.40. The average Bonchev–Trinajstić information content (AvgIpc) is 2.86. The lowest BCUT2D eigenvalue weighted by Gasteiger charge is -2.02. The fraction of sp³-hybridized carbons (Fsp3) is 0.167. The van der Waals surface area contributed by atoms with E-state index in [0.29, 0.717) is 24.4 Å². The second-order valence-electron chi connectivity index (χ2n) is 3.58. The number of hydrogen-bond donors (Lipinski definition) is 2. The quantitative estimate of drug-likeness (QED) is 0.852. The maximum absolute atomic E-state index is 12.8. The fourth-order valence-corrected chi connectivity index (χ4v) is 1.48. The summed E-state index contributed by atoms with van der Waals surface area (Å²) in [6, 6.07) is 5.63. The van der Waals surface area contributed by atoms with Crippen molar-refractivity contribution >= 4 is 5.91 Å². The number of nitrogens with two attached hydrogens (primary N) is 1. The molecule has 2 rings (SSSR count).